The maximum absolute atomic E-state index is 12.0. The third-order valence-electron chi connectivity index (χ3n) is 2.42. The summed E-state index contributed by atoms with van der Waals surface area (Å²) in [4.78, 5) is 10.5. The van der Waals surface area contributed by atoms with E-state index in [1.807, 2.05) is 13.8 Å². The molecule has 0 aliphatic heterocycles. The largest absolute Gasteiger partial charge is 0.481 e. The van der Waals surface area contributed by atoms with Crippen LogP contribution in [-0.2, 0) is 15.0 Å². The van der Waals surface area contributed by atoms with Crippen molar-refractivity contribution in [1.29, 1.82) is 0 Å². The van der Waals surface area contributed by atoms with E-state index >= 15 is 0 Å². The van der Waals surface area contributed by atoms with Crippen molar-refractivity contribution in [3.63, 3.8) is 0 Å². The number of carboxylic acid groups (broad SMARTS) is 1. The van der Waals surface area contributed by atoms with E-state index in [4.69, 9.17) is 5.11 Å². The van der Waals surface area contributed by atoms with E-state index in [1.54, 1.807) is 6.92 Å². The highest BCUT2D eigenvalue weighted by Crippen LogP contribution is 2.04. The molecule has 0 radical (unpaired) electrons. The smallest absolute Gasteiger partial charge is 0.303 e. The van der Waals surface area contributed by atoms with Crippen LogP contribution in [0.15, 0.2) is 0 Å². The van der Waals surface area contributed by atoms with Gasteiger partial charge in [0.1, 0.15) is 0 Å². The van der Waals surface area contributed by atoms with Gasteiger partial charge in [0.05, 0.1) is 0 Å². The Kier molecular flexibility index (Phi) is 8.13. The molecular weight excluding hydrogens is 256 g/mol. The second-order valence-corrected chi connectivity index (χ2v) is 6.21. The van der Waals surface area contributed by atoms with Crippen LogP contribution in [0, 0.1) is 5.92 Å². The number of nitrogens with zero attached hydrogens (tertiary/aromatic N) is 1. The molecule has 0 aromatic rings. The maximum atomic E-state index is 12.0. The lowest BCUT2D eigenvalue weighted by Crippen LogP contribution is -2.43. The van der Waals surface area contributed by atoms with Crippen molar-refractivity contribution in [2.45, 2.75) is 40.0 Å². The highest BCUT2D eigenvalue weighted by Gasteiger charge is 2.21. The number of carboxylic acids is 1. The summed E-state index contributed by atoms with van der Waals surface area (Å²) in [6.07, 6.45) is 1.47. The maximum Gasteiger partial charge on any atom is 0.303 e. The number of nitrogens with one attached hydrogen (secondary N) is 1. The fourth-order valence-corrected chi connectivity index (χ4v) is 3.08. The van der Waals surface area contributed by atoms with Gasteiger partial charge in [0.15, 0.2) is 0 Å². The predicted octanol–water partition coefficient (Wildman–Crippen LogP) is 1.05. The highest BCUT2D eigenvalue weighted by molar-refractivity contribution is 7.87. The zero-order chi connectivity index (χ0) is 14.2. The van der Waals surface area contributed by atoms with Gasteiger partial charge in [-0.2, -0.15) is 12.7 Å². The van der Waals surface area contributed by atoms with Crippen LogP contribution in [0.1, 0.15) is 40.0 Å². The molecule has 1 unspecified atom stereocenters. The van der Waals surface area contributed by atoms with Crippen molar-refractivity contribution < 1.29 is 18.3 Å². The quantitative estimate of drug-likeness (QED) is 0.626. The molecule has 0 aromatic heterocycles. The van der Waals surface area contributed by atoms with Gasteiger partial charge in [-0.05, 0) is 18.8 Å². The zero-order valence-electron chi connectivity index (χ0n) is 11.3. The summed E-state index contributed by atoms with van der Waals surface area (Å²) in [6, 6.07) is 0. The Bertz CT molecular complexity index is 337. The molecule has 0 spiro atoms. The molecule has 0 heterocycles. The molecule has 0 fully saturated rings. The third kappa shape index (κ3) is 6.93. The summed E-state index contributed by atoms with van der Waals surface area (Å²) < 4.78 is 27.8. The first-order valence-electron chi connectivity index (χ1n) is 6.30. The molecule has 0 aromatic carbocycles. The van der Waals surface area contributed by atoms with E-state index in [2.05, 4.69) is 4.72 Å². The van der Waals surface area contributed by atoms with Crippen LogP contribution in [0.5, 0.6) is 0 Å². The summed E-state index contributed by atoms with van der Waals surface area (Å²) in [6.45, 7) is 6.67. The van der Waals surface area contributed by atoms with E-state index < -0.39 is 16.2 Å². The van der Waals surface area contributed by atoms with E-state index in [0.717, 1.165) is 12.8 Å². The van der Waals surface area contributed by atoms with E-state index in [1.165, 1.54) is 4.31 Å². The lowest BCUT2D eigenvalue weighted by atomic mass is 10.1. The zero-order valence-corrected chi connectivity index (χ0v) is 12.2. The van der Waals surface area contributed by atoms with Crippen LogP contribution in [0.2, 0.25) is 0 Å². The monoisotopic (exact) mass is 280 g/mol. The van der Waals surface area contributed by atoms with Gasteiger partial charge in [0.2, 0.25) is 0 Å². The summed E-state index contributed by atoms with van der Waals surface area (Å²) in [7, 11) is -3.49. The second-order valence-electron chi connectivity index (χ2n) is 4.46. The molecule has 1 atom stereocenters. The van der Waals surface area contributed by atoms with Gasteiger partial charge in [-0.25, -0.2) is 4.72 Å². The lowest BCUT2D eigenvalue weighted by molar-refractivity contribution is -0.137. The Morgan fingerprint density at radius 1 is 1.28 bits per heavy atom. The van der Waals surface area contributed by atoms with Crippen LogP contribution in [0.3, 0.4) is 0 Å². The first kappa shape index (κ1) is 17.3. The van der Waals surface area contributed by atoms with Crippen molar-refractivity contribution >= 4 is 16.2 Å². The fraction of sp³-hybridized carbons (Fsp3) is 0.909. The van der Waals surface area contributed by atoms with Crippen molar-refractivity contribution in [3.8, 4) is 0 Å². The van der Waals surface area contributed by atoms with Gasteiger partial charge in [-0.15, -0.1) is 0 Å². The molecule has 0 aliphatic carbocycles. The van der Waals surface area contributed by atoms with Gasteiger partial charge < -0.3 is 5.11 Å². The van der Waals surface area contributed by atoms with Gasteiger partial charge in [-0.3, -0.25) is 4.79 Å². The summed E-state index contributed by atoms with van der Waals surface area (Å²) in [5.41, 5.74) is 0. The summed E-state index contributed by atoms with van der Waals surface area (Å²) >= 11 is 0. The Morgan fingerprint density at radius 3 is 2.17 bits per heavy atom. The molecule has 0 saturated heterocycles. The summed E-state index contributed by atoms with van der Waals surface area (Å²) in [5, 5.41) is 8.60. The molecule has 2 N–H and O–H groups in total. The molecular formula is C11H24N2O4S. The van der Waals surface area contributed by atoms with Gasteiger partial charge in [0, 0.05) is 26.1 Å². The SMILES string of the molecule is CCCN(CCC)S(=O)(=O)NCC(C)CC(=O)O. The number of rotatable bonds is 10. The molecule has 0 amide bonds. The minimum atomic E-state index is -3.49. The van der Waals surface area contributed by atoms with Gasteiger partial charge in [-0.1, -0.05) is 20.8 Å². The minimum absolute atomic E-state index is 0.0376. The van der Waals surface area contributed by atoms with Crippen LogP contribution in [0.4, 0.5) is 0 Å². The Balaban J connectivity index is 4.38. The molecule has 0 bridgehead atoms. The fourth-order valence-electron chi connectivity index (χ4n) is 1.56. The third-order valence-corrected chi connectivity index (χ3v) is 4.00. The molecule has 7 heteroatoms. The first-order chi connectivity index (χ1) is 8.33. The molecule has 0 aliphatic rings. The molecule has 18 heavy (non-hydrogen) atoms. The molecule has 108 valence electrons. The van der Waals surface area contributed by atoms with Crippen LogP contribution < -0.4 is 4.72 Å². The van der Waals surface area contributed by atoms with E-state index in [9.17, 15) is 13.2 Å². The summed E-state index contributed by atoms with van der Waals surface area (Å²) in [5.74, 6) is -1.14. The second kappa shape index (κ2) is 8.44. The van der Waals surface area contributed by atoms with E-state index in [-0.39, 0.29) is 18.9 Å². The van der Waals surface area contributed by atoms with Crippen molar-refractivity contribution in [1.82, 2.24) is 9.03 Å². The average Bonchev–Trinajstić information content (AvgIpc) is 2.25. The Morgan fingerprint density at radius 2 is 1.78 bits per heavy atom. The van der Waals surface area contributed by atoms with E-state index in [0.29, 0.717) is 13.1 Å². The van der Waals surface area contributed by atoms with Gasteiger partial charge in [0.25, 0.3) is 10.2 Å². The van der Waals surface area contributed by atoms with Gasteiger partial charge >= 0.3 is 5.97 Å². The average molecular weight is 280 g/mol. The van der Waals surface area contributed by atoms with Crippen LogP contribution >= 0.6 is 0 Å². The van der Waals surface area contributed by atoms with Crippen LogP contribution in [0.25, 0.3) is 0 Å². The predicted molar refractivity (Wildman–Crippen MR) is 70.5 cm³/mol. The number of carbonyl (C=O) groups is 1. The first-order valence-corrected chi connectivity index (χ1v) is 7.74. The van der Waals surface area contributed by atoms with Crippen molar-refractivity contribution in [3.05, 3.63) is 0 Å². The highest BCUT2D eigenvalue weighted by atomic mass is 32.2. The number of hydrogen-bond donors (Lipinski definition) is 2. The van der Waals surface area contributed by atoms with Crippen molar-refractivity contribution in [2.24, 2.45) is 5.92 Å². The molecule has 0 rings (SSSR count). The molecule has 0 saturated carbocycles. The van der Waals surface area contributed by atoms with Crippen LogP contribution in [-0.4, -0.2) is 43.4 Å². The van der Waals surface area contributed by atoms with Crippen molar-refractivity contribution in [2.75, 3.05) is 19.6 Å². The normalized spacial score (nSPS) is 13.8. The topological polar surface area (TPSA) is 86.7 Å². The molecule has 6 nitrogen and oxygen atoms in total. The Labute approximate surface area is 110 Å². The lowest BCUT2D eigenvalue weighted by Gasteiger charge is -2.22. The Hall–Kier alpha value is -0.660. The number of hydrogen-bond acceptors (Lipinski definition) is 3. The standard InChI is InChI=1S/C11H24N2O4S/c1-4-6-13(7-5-2)18(16,17)12-9-10(3)8-11(14)15/h10,12H,4-9H2,1-3H3,(H,14,15). The minimum Gasteiger partial charge on any atom is -0.481 e. The number of aliphatic carboxylic acids is 1.